The molecule has 3 nitrogen and oxygen atoms in total. The lowest BCUT2D eigenvalue weighted by Crippen LogP contribution is -2.04. The van der Waals surface area contributed by atoms with Crippen molar-refractivity contribution in [3.05, 3.63) is 52.7 Å². The van der Waals surface area contributed by atoms with Gasteiger partial charge in [-0.05, 0) is 37.8 Å². The number of hydrogen-bond donors (Lipinski definition) is 0. The van der Waals surface area contributed by atoms with E-state index in [-0.39, 0.29) is 5.78 Å². The largest absolute Gasteiger partial charge is 0.445 e. The van der Waals surface area contributed by atoms with Crippen molar-refractivity contribution in [2.24, 2.45) is 0 Å². The molecule has 0 saturated heterocycles. The molecule has 0 N–H and O–H groups in total. The predicted octanol–water partition coefficient (Wildman–Crippen LogP) is 4.84. The maximum atomic E-state index is 12.4. The van der Waals surface area contributed by atoms with Gasteiger partial charge in [0.05, 0.1) is 0 Å². The number of hydrogen-bond acceptors (Lipinski definition) is 3. The number of carbonyl (C=O) groups is 1. The van der Waals surface area contributed by atoms with Crippen LogP contribution < -0.4 is 0 Å². The monoisotopic (exact) mass is 299 g/mol. The lowest BCUT2D eigenvalue weighted by molar-refractivity contribution is 0.0977. The number of rotatable bonds is 8. The van der Waals surface area contributed by atoms with Crippen LogP contribution in [0.3, 0.4) is 0 Å². The SMILES string of the molecule is CCCCCc1nc(C(=O)CCc2ccccc2C)c(C)o1. The quantitative estimate of drug-likeness (QED) is 0.517. The first-order valence-corrected chi connectivity index (χ1v) is 8.15. The number of ketones is 1. The highest BCUT2D eigenvalue weighted by Gasteiger charge is 2.17. The average molecular weight is 299 g/mol. The minimum Gasteiger partial charge on any atom is -0.445 e. The number of aryl methyl sites for hydroxylation is 4. The third kappa shape index (κ3) is 4.30. The van der Waals surface area contributed by atoms with Crippen LogP contribution in [0.5, 0.6) is 0 Å². The molecule has 3 heteroatoms. The number of benzene rings is 1. The topological polar surface area (TPSA) is 43.1 Å². The fraction of sp³-hybridized carbons (Fsp3) is 0.474. The Bertz CT molecular complexity index is 628. The number of nitrogens with zero attached hydrogens (tertiary/aromatic N) is 1. The maximum Gasteiger partial charge on any atom is 0.195 e. The van der Waals surface area contributed by atoms with Gasteiger partial charge >= 0.3 is 0 Å². The van der Waals surface area contributed by atoms with E-state index in [1.165, 1.54) is 17.5 Å². The molecule has 0 aliphatic rings. The van der Waals surface area contributed by atoms with Gasteiger partial charge in [0.2, 0.25) is 0 Å². The first kappa shape index (κ1) is 16.5. The Morgan fingerprint density at radius 3 is 2.64 bits per heavy atom. The van der Waals surface area contributed by atoms with Crippen LogP contribution in [0, 0.1) is 13.8 Å². The summed E-state index contributed by atoms with van der Waals surface area (Å²) in [6.45, 7) is 6.08. The van der Waals surface area contributed by atoms with E-state index in [0.717, 1.165) is 25.7 Å². The Balaban J connectivity index is 1.96. The number of Topliss-reactive ketones (excluding diaryl/α,β-unsaturated/α-hetero) is 1. The van der Waals surface area contributed by atoms with E-state index >= 15 is 0 Å². The lowest BCUT2D eigenvalue weighted by Gasteiger charge is -2.03. The molecule has 0 aliphatic carbocycles. The van der Waals surface area contributed by atoms with E-state index in [1.807, 2.05) is 19.1 Å². The molecule has 0 spiro atoms. The van der Waals surface area contributed by atoms with Gasteiger partial charge < -0.3 is 4.42 Å². The van der Waals surface area contributed by atoms with Crippen molar-refractivity contribution < 1.29 is 9.21 Å². The highest BCUT2D eigenvalue weighted by atomic mass is 16.4. The Hall–Kier alpha value is -1.90. The Kier molecular flexibility index (Phi) is 5.93. The molecule has 0 amide bonds. The Morgan fingerprint density at radius 1 is 1.14 bits per heavy atom. The molecule has 0 aliphatic heterocycles. The lowest BCUT2D eigenvalue weighted by atomic mass is 10.0. The fourth-order valence-corrected chi connectivity index (χ4v) is 2.60. The van der Waals surface area contributed by atoms with Crippen molar-refractivity contribution in [3.63, 3.8) is 0 Å². The van der Waals surface area contributed by atoms with Gasteiger partial charge in [-0.25, -0.2) is 4.98 Å². The van der Waals surface area contributed by atoms with Crippen LogP contribution in [0.4, 0.5) is 0 Å². The van der Waals surface area contributed by atoms with E-state index in [1.54, 1.807) is 0 Å². The number of aromatic nitrogens is 1. The third-order valence-electron chi connectivity index (χ3n) is 3.98. The van der Waals surface area contributed by atoms with Crippen LogP contribution in [0.2, 0.25) is 0 Å². The molecule has 0 fully saturated rings. The molecule has 0 unspecified atom stereocenters. The van der Waals surface area contributed by atoms with E-state index in [9.17, 15) is 4.79 Å². The van der Waals surface area contributed by atoms with Crippen molar-refractivity contribution in [3.8, 4) is 0 Å². The average Bonchev–Trinajstić information content (AvgIpc) is 2.87. The van der Waals surface area contributed by atoms with Gasteiger partial charge in [-0.1, -0.05) is 44.0 Å². The molecule has 1 aromatic carbocycles. The van der Waals surface area contributed by atoms with Gasteiger partial charge in [0, 0.05) is 12.8 Å². The second kappa shape index (κ2) is 7.92. The molecular weight excluding hydrogens is 274 g/mol. The second-order valence-corrected chi connectivity index (χ2v) is 5.82. The number of oxazole rings is 1. The molecule has 0 bridgehead atoms. The van der Waals surface area contributed by atoms with Crippen molar-refractivity contribution in [2.75, 3.05) is 0 Å². The molecule has 0 atom stereocenters. The zero-order valence-corrected chi connectivity index (χ0v) is 13.8. The van der Waals surface area contributed by atoms with Crippen molar-refractivity contribution in [1.29, 1.82) is 0 Å². The standard InChI is InChI=1S/C19H25NO2/c1-4-5-6-11-18-20-19(15(3)22-18)17(21)13-12-16-10-8-7-9-14(16)2/h7-10H,4-6,11-13H2,1-3H3. The summed E-state index contributed by atoms with van der Waals surface area (Å²) in [5.41, 5.74) is 2.97. The molecule has 2 aromatic rings. The van der Waals surface area contributed by atoms with E-state index < -0.39 is 0 Å². The summed E-state index contributed by atoms with van der Waals surface area (Å²) in [5, 5.41) is 0. The summed E-state index contributed by atoms with van der Waals surface area (Å²) in [7, 11) is 0. The van der Waals surface area contributed by atoms with Crippen LogP contribution in [0.1, 0.15) is 65.9 Å². The highest BCUT2D eigenvalue weighted by molar-refractivity contribution is 5.95. The molecule has 2 rings (SSSR count). The minimum absolute atomic E-state index is 0.0752. The van der Waals surface area contributed by atoms with Gasteiger partial charge in [-0.15, -0.1) is 0 Å². The summed E-state index contributed by atoms with van der Waals surface area (Å²) in [6.07, 6.45) is 5.45. The highest BCUT2D eigenvalue weighted by Crippen LogP contribution is 2.17. The van der Waals surface area contributed by atoms with Crippen LogP contribution >= 0.6 is 0 Å². The Morgan fingerprint density at radius 2 is 1.91 bits per heavy atom. The van der Waals surface area contributed by atoms with Crippen LogP contribution in [0.15, 0.2) is 28.7 Å². The summed E-state index contributed by atoms with van der Waals surface area (Å²) < 4.78 is 5.63. The van der Waals surface area contributed by atoms with Gasteiger partial charge in [0.25, 0.3) is 0 Å². The third-order valence-corrected chi connectivity index (χ3v) is 3.98. The molecular formula is C19H25NO2. The predicted molar refractivity (Wildman–Crippen MR) is 88.3 cm³/mol. The first-order valence-electron chi connectivity index (χ1n) is 8.15. The molecule has 0 saturated carbocycles. The van der Waals surface area contributed by atoms with Crippen LogP contribution in [-0.4, -0.2) is 10.8 Å². The van der Waals surface area contributed by atoms with E-state index in [4.69, 9.17) is 4.42 Å². The fourth-order valence-electron chi connectivity index (χ4n) is 2.60. The molecule has 1 aromatic heterocycles. The van der Waals surface area contributed by atoms with E-state index in [2.05, 4.69) is 31.0 Å². The van der Waals surface area contributed by atoms with Gasteiger partial charge in [0.15, 0.2) is 11.7 Å². The van der Waals surface area contributed by atoms with Crippen molar-refractivity contribution in [2.45, 2.75) is 59.3 Å². The van der Waals surface area contributed by atoms with Gasteiger partial charge in [-0.2, -0.15) is 0 Å². The van der Waals surface area contributed by atoms with Crippen molar-refractivity contribution in [1.82, 2.24) is 4.98 Å². The molecule has 118 valence electrons. The second-order valence-electron chi connectivity index (χ2n) is 5.82. The zero-order valence-electron chi connectivity index (χ0n) is 13.8. The Labute approximate surface area is 132 Å². The molecule has 0 radical (unpaired) electrons. The summed E-state index contributed by atoms with van der Waals surface area (Å²) in [5.74, 6) is 1.43. The van der Waals surface area contributed by atoms with Crippen molar-refractivity contribution >= 4 is 5.78 Å². The first-order chi connectivity index (χ1) is 10.6. The number of carbonyl (C=O) groups excluding carboxylic acids is 1. The normalized spacial score (nSPS) is 10.9. The minimum atomic E-state index is 0.0752. The molecule has 22 heavy (non-hydrogen) atoms. The smallest absolute Gasteiger partial charge is 0.195 e. The van der Waals surface area contributed by atoms with E-state index in [0.29, 0.717) is 23.8 Å². The maximum absolute atomic E-state index is 12.4. The number of unbranched alkanes of at least 4 members (excludes halogenated alkanes) is 2. The van der Waals surface area contributed by atoms with Gasteiger partial charge in [0.1, 0.15) is 11.5 Å². The van der Waals surface area contributed by atoms with Gasteiger partial charge in [-0.3, -0.25) is 4.79 Å². The summed E-state index contributed by atoms with van der Waals surface area (Å²) >= 11 is 0. The zero-order chi connectivity index (χ0) is 15.9. The summed E-state index contributed by atoms with van der Waals surface area (Å²) in [4.78, 5) is 16.8. The van der Waals surface area contributed by atoms with Crippen LogP contribution in [0.25, 0.3) is 0 Å². The molecule has 1 heterocycles. The summed E-state index contributed by atoms with van der Waals surface area (Å²) in [6, 6.07) is 8.19. The van der Waals surface area contributed by atoms with Crippen LogP contribution in [-0.2, 0) is 12.8 Å².